The van der Waals surface area contributed by atoms with Crippen LogP contribution in [-0.4, -0.2) is 20.2 Å². The molecule has 0 aliphatic carbocycles. The number of H-pyrrole nitrogens is 1. The summed E-state index contributed by atoms with van der Waals surface area (Å²) in [6.07, 6.45) is 3.52. The third-order valence-electron chi connectivity index (χ3n) is 3.32. The Morgan fingerprint density at radius 1 is 1.05 bits per heavy atom. The highest BCUT2D eigenvalue weighted by atomic mass is 15.2. The molecule has 0 saturated carbocycles. The van der Waals surface area contributed by atoms with E-state index in [9.17, 15) is 0 Å². The van der Waals surface area contributed by atoms with Crippen molar-refractivity contribution in [3.63, 3.8) is 0 Å². The van der Waals surface area contributed by atoms with Crippen LogP contribution in [0.25, 0.3) is 22.8 Å². The Hall–Kier alpha value is -2.49. The van der Waals surface area contributed by atoms with Crippen LogP contribution in [0.2, 0.25) is 0 Å². The molecule has 0 spiro atoms. The van der Waals surface area contributed by atoms with E-state index in [4.69, 9.17) is 0 Å². The third kappa shape index (κ3) is 2.20. The molecule has 2 aromatic heterocycles. The second kappa shape index (κ2) is 4.89. The predicted octanol–water partition coefficient (Wildman–Crippen LogP) is 3.46. The lowest BCUT2D eigenvalue weighted by Crippen LogP contribution is -1.91. The lowest BCUT2D eigenvalue weighted by atomic mass is 9.99. The number of hydrogen-bond acceptors (Lipinski definition) is 3. The third-order valence-corrected chi connectivity index (χ3v) is 3.32. The van der Waals surface area contributed by atoms with E-state index in [1.165, 1.54) is 16.7 Å². The molecule has 4 nitrogen and oxygen atoms in total. The average Bonchev–Trinajstić information content (AvgIpc) is 2.88. The Morgan fingerprint density at radius 2 is 1.80 bits per heavy atom. The fourth-order valence-electron chi connectivity index (χ4n) is 2.54. The van der Waals surface area contributed by atoms with Crippen LogP contribution in [0.1, 0.15) is 16.7 Å². The van der Waals surface area contributed by atoms with E-state index in [0.29, 0.717) is 0 Å². The Labute approximate surface area is 117 Å². The SMILES string of the molecule is Cc1cc(C)c(-c2n[nH]c(-c3cccnc3)n2)c(C)c1. The van der Waals surface area contributed by atoms with Crippen molar-refractivity contribution in [3.05, 3.63) is 53.3 Å². The minimum Gasteiger partial charge on any atom is -0.264 e. The van der Waals surface area contributed by atoms with Crippen molar-refractivity contribution in [1.82, 2.24) is 20.2 Å². The van der Waals surface area contributed by atoms with Gasteiger partial charge in [0.2, 0.25) is 0 Å². The second-order valence-corrected chi connectivity index (χ2v) is 5.02. The van der Waals surface area contributed by atoms with Gasteiger partial charge in [0.25, 0.3) is 0 Å². The number of aryl methyl sites for hydroxylation is 3. The van der Waals surface area contributed by atoms with E-state index in [0.717, 1.165) is 22.8 Å². The van der Waals surface area contributed by atoms with Gasteiger partial charge in [-0.1, -0.05) is 17.7 Å². The molecule has 0 saturated heterocycles. The molecule has 0 fully saturated rings. The van der Waals surface area contributed by atoms with Crippen LogP contribution in [0.15, 0.2) is 36.7 Å². The highest BCUT2D eigenvalue weighted by Gasteiger charge is 2.12. The molecule has 0 bridgehead atoms. The normalized spacial score (nSPS) is 10.8. The van der Waals surface area contributed by atoms with Gasteiger partial charge in [-0.25, -0.2) is 4.98 Å². The van der Waals surface area contributed by atoms with Crippen molar-refractivity contribution in [3.8, 4) is 22.8 Å². The zero-order chi connectivity index (χ0) is 14.1. The van der Waals surface area contributed by atoms with Crippen LogP contribution in [-0.2, 0) is 0 Å². The molecule has 3 aromatic rings. The number of aromatic nitrogens is 4. The molecule has 3 rings (SSSR count). The maximum absolute atomic E-state index is 4.60. The van der Waals surface area contributed by atoms with Crippen LogP contribution in [0.4, 0.5) is 0 Å². The summed E-state index contributed by atoms with van der Waals surface area (Å²) in [5, 5.41) is 7.34. The lowest BCUT2D eigenvalue weighted by molar-refractivity contribution is 1.09. The van der Waals surface area contributed by atoms with E-state index in [1.54, 1.807) is 12.4 Å². The van der Waals surface area contributed by atoms with Crippen molar-refractivity contribution in [2.24, 2.45) is 0 Å². The summed E-state index contributed by atoms with van der Waals surface area (Å²) in [4.78, 5) is 8.70. The Kier molecular flexibility index (Phi) is 3.06. The number of nitrogens with zero attached hydrogens (tertiary/aromatic N) is 3. The number of nitrogens with one attached hydrogen (secondary N) is 1. The fourth-order valence-corrected chi connectivity index (χ4v) is 2.54. The molecule has 0 radical (unpaired) electrons. The lowest BCUT2D eigenvalue weighted by Gasteiger charge is -2.07. The minimum atomic E-state index is 0.735. The zero-order valence-electron chi connectivity index (χ0n) is 11.8. The smallest absolute Gasteiger partial charge is 0.182 e. The molecular weight excluding hydrogens is 248 g/mol. The van der Waals surface area contributed by atoms with Gasteiger partial charge in [-0.2, -0.15) is 5.10 Å². The molecule has 1 aromatic carbocycles. The zero-order valence-corrected chi connectivity index (χ0v) is 11.8. The van der Waals surface area contributed by atoms with Gasteiger partial charge in [-0.15, -0.1) is 0 Å². The van der Waals surface area contributed by atoms with Crippen LogP contribution in [0, 0.1) is 20.8 Å². The number of hydrogen-bond donors (Lipinski definition) is 1. The number of aromatic amines is 1. The predicted molar refractivity (Wildman–Crippen MR) is 79.3 cm³/mol. The summed E-state index contributed by atoms with van der Waals surface area (Å²) >= 11 is 0. The van der Waals surface area contributed by atoms with Gasteiger partial charge < -0.3 is 0 Å². The molecule has 4 heteroatoms. The molecule has 20 heavy (non-hydrogen) atoms. The first-order chi connectivity index (χ1) is 9.65. The van der Waals surface area contributed by atoms with Crippen LogP contribution < -0.4 is 0 Å². The minimum absolute atomic E-state index is 0.735. The topological polar surface area (TPSA) is 54.5 Å². The van der Waals surface area contributed by atoms with Gasteiger partial charge >= 0.3 is 0 Å². The quantitative estimate of drug-likeness (QED) is 0.771. The molecule has 0 amide bonds. The summed E-state index contributed by atoms with van der Waals surface area (Å²) in [5.74, 6) is 1.48. The molecule has 2 heterocycles. The summed E-state index contributed by atoms with van der Waals surface area (Å²) < 4.78 is 0. The van der Waals surface area contributed by atoms with E-state index in [1.807, 2.05) is 12.1 Å². The van der Waals surface area contributed by atoms with Crippen molar-refractivity contribution in [2.45, 2.75) is 20.8 Å². The van der Waals surface area contributed by atoms with Gasteiger partial charge in [-0.05, 0) is 44.0 Å². The highest BCUT2D eigenvalue weighted by Crippen LogP contribution is 2.26. The van der Waals surface area contributed by atoms with E-state index >= 15 is 0 Å². The number of pyridine rings is 1. The van der Waals surface area contributed by atoms with Crippen LogP contribution >= 0.6 is 0 Å². The maximum atomic E-state index is 4.60. The summed E-state index contributed by atoms with van der Waals surface area (Å²) in [6.45, 7) is 6.29. The van der Waals surface area contributed by atoms with Gasteiger partial charge in [0.1, 0.15) is 0 Å². The van der Waals surface area contributed by atoms with Crippen LogP contribution in [0.5, 0.6) is 0 Å². The van der Waals surface area contributed by atoms with E-state index in [-0.39, 0.29) is 0 Å². The first-order valence-corrected chi connectivity index (χ1v) is 6.56. The standard InChI is InChI=1S/C16H16N4/c1-10-7-11(2)14(12(3)8-10)16-18-15(19-20-16)13-5-4-6-17-9-13/h4-9H,1-3H3,(H,18,19,20). The van der Waals surface area contributed by atoms with Crippen LogP contribution in [0.3, 0.4) is 0 Å². The van der Waals surface area contributed by atoms with Crippen molar-refractivity contribution in [1.29, 1.82) is 0 Å². The highest BCUT2D eigenvalue weighted by molar-refractivity contribution is 5.67. The molecule has 1 N–H and O–H groups in total. The van der Waals surface area contributed by atoms with Crippen molar-refractivity contribution in [2.75, 3.05) is 0 Å². The molecule has 0 atom stereocenters. The Bertz CT molecular complexity index is 721. The Balaban J connectivity index is 2.07. The monoisotopic (exact) mass is 264 g/mol. The summed E-state index contributed by atoms with van der Waals surface area (Å²) in [7, 11) is 0. The van der Waals surface area contributed by atoms with Gasteiger partial charge in [0, 0.05) is 23.5 Å². The first-order valence-electron chi connectivity index (χ1n) is 6.56. The van der Waals surface area contributed by atoms with E-state index in [2.05, 4.69) is 53.1 Å². The summed E-state index contributed by atoms with van der Waals surface area (Å²) in [6, 6.07) is 8.16. The molecule has 0 unspecified atom stereocenters. The number of rotatable bonds is 2. The maximum Gasteiger partial charge on any atom is 0.182 e. The second-order valence-electron chi connectivity index (χ2n) is 5.02. The largest absolute Gasteiger partial charge is 0.264 e. The van der Waals surface area contributed by atoms with Gasteiger partial charge in [-0.3, -0.25) is 10.1 Å². The molecule has 0 aliphatic rings. The Morgan fingerprint density at radius 3 is 2.45 bits per heavy atom. The molecule has 0 aliphatic heterocycles. The fraction of sp³-hybridized carbons (Fsp3) is 0.188. The molecular formula is C16H16N4. The van der Waals surface area contributed by atoms with Gasteiger partial charge in [0.05, 0.1) is 0 Å². The van der Waals surface area contributed by atoms with Crippen molar-refractivity contribution >= 4 is 0 Å². The summed E-state index contributed by atoms with van der Waals surface area (Å²) in [5.41, 5.74) is 5.68. The van der Waals surface area contributed by atoms with E-state index < -0.39 is 0 Å². The van der Waals surface area contributed by atoms with Crippen molar-refractivity contribution < 1.29 is 0 Å². The number of benzene rings is 1. The first kappa shape index (κ1) is 12.5. The van der Waals surface area contributed by atoms with Gasteiger partial charge in [0.15, 0.2) is 11.6 Å². The molecule has 100 valence electrons. The average molecular weight is 264 g/mol.